The molecule has 0 radical (unpaired) electrons. The monoisotopic (exact) mass is 301 g/mol. The predicted molar refractivity (Wildman–Crippen MR) is 82.1 cm³/mol. The summed E-state index contributed by atoms with van der Waals surface area (Å²) in [6, 6.07) is 0. The number of aromatic nitrogens is 6. The second-order valence-corrected chi connectivity index (χ2v) is 5.35. The first-order valence-electron chi connectivity index (χ1n) is 6.59. The van der Waals surface area contributed by atoms with E-state index in [4.69, 9.17) is 0 Å². The van der Waals surface area contributed by atoms with Crippen molar-refractivity contribution in [2.45, 2.75) is 17.7 Å². The van der Waals surface area contributed by atoms with E-state index in [1.807, 2.05) is 14.0 Å². The number of thioether (sulfide) groups is 1. The first kappa shape index (κ1) is 13.7. The van der Waals surface area contributed by atoms with Gasteiger partial charge in [0.05, 0.1) is 23.5 Å². The van der Waals surface area contributed by atoms with Crippen LogP contribution in [0.1, 0.15) is 12.7 Å². The third-order valence-electron chi connectivity index (χ3n) is 2.87. The first-order valence-corrected chi connectivity index (χ1v) is 7.57. The van der Waals surface area contributed by atoms with Crippen molar-refractivity contribution in [1.29, 1.82) is 0 Å². The Balaban J connectivity index is 1.89. The molecular weight excluding hydrogens is 286 g/mol. The molecule has 0 unspecified atom stereocenters. The van der Waals surface area contributed by atoms with Crippen molar-refractivity contribution in [2.75, 3.05) is 11.9 Å². The van der Waals surface area contributed by atoms with E-state index in [1.165, 1.54) is 0 Å². The third-order valence-corrected chi connectivity index (χ3v) is 3.78. The van der Waals surface area contributed by atoms with Gasteiger partial charge < -0.3 is 5.32 Å². The minimum absolute atomic E-state index is 0.637. The van der Waals surface area contributed by atoms with Crippen molar-refractivity contribution < 1.29 is 0 Å². The van der Waals surface area contributed by atoms with Crippen LogP contribution in [0.3, 0.4) is 0 Å². The van der Waals surface area contributed by atoms with E-state index in [0.29, 0.717) is 5.75 Å². The molecule has 7 nitrogen and oxygen atoms in total. The lowest BCUT2D eigenvalue weighted by atomic mass is 10.4. The molecule has 0 aromatic carbocycles. The van der Waals surface area contributed by atoms with Crippen LogP contribution >= 0.6 is 11.8 Å². The lowest BCUT2D eigenvalue weighted by Crippen LogP contribution is -2.05. The van der Waals surface area contributed by atoms with Gasteiger partial charge in [0.2, 0.25) is 0 Å². The highest BCUT2D eigenvalue weighted by atomic mass is 32.2. The average Bonchev–Trinajstić information content (AvgIpc) is 2.88. The zero-order chi connectivity index (χ0) is 14.7. The molecule has 0 aliphatic heterocycles. The molecule has 0 spiro atoms. The topological polar surface area (TPSA) is 81.4 Å². The molecule has 108 valence electrons. The van der Waals surface area contributed by atoms with Crippen LogP contribution in [0.4, 0.5) is 5.82 Å². The van der Waals surface area contributed by atoms with Crippen LogP contribution < -0.4 is 5.32 Å². The number of nitrogens with zero attached hydrogens (tertiary/aromatic N) is 6. The molecule has 0 saturated carbocycles. The van der Waals surface area contributed by atoms with Crippen LogP contribution in [0.15, 0.2) is 29.8 Å². The van der Waals surface area contributed by atoms with Gasteiger partial charge in [0, 0.05) is 26.0 Å². The zero-order valence-electron chi connectivity index (χ0n) is 11.8. The Kier molecular flexibility index (Phi) is 3.96. The maximum Gasteiger partial charge on any atom is 0.163 e. The van der Waals surface area contributed by atoms with Crippen molar-refractivity contribution in [3.63, 3.8) is 0 Å². The molecule has 0 aliphatic rings. The SMILES string of the molecule is CCNc1nc(CSc2cnccn2)nc2c1cnn2C. The van der Waals surface area contributed by atoms with Crippen LogP contribution in [0.25, 0.3) is 11.0 Å². The van der Waals surface area contributed by atoms with Crippen LogP contribution in [0.5, 0.6) is 0 Å². The van der Waals surface area contributed by atoms with E-state index in [0.717, 1.165) is 34.2 Å². The fourth-order valence-corrected chi connectivity index (χ4v) is 2.61. The van der Waals surface area contributed by atoms with Crippen molar-refractivity contribution in [3.8, 4) is 0 Å². The molecule has 0 fully saturated rings. The van der Waals surface area contributed by atoms with E-state index >= 15 is 0 Å². The lowest BCUT2D eigenvalue weighted by Gasteiger charge is -2.07. The molecule has 21 heavy (non-hydrogen) atoms. The van der Waals surface area contributed by atoms with Crippen LogP contribution in [0, 0.1) is 0 Å². The Bertz CT molecular complexity index is 741. The van der Waals surface area contributed by atoms with Crippen LogP contribution in [-0.2, 0) is 12.8 Å². The molecule has 1 N–H and O–H groups in total. The van der Waals surface area contributed by atoms with Gasteiger partial charge in [-0.1, -0.05) is 11.8 Å². The maximum atomic E-state index is 4.57. The Morgan fingerprint density at radius 1 is 1.24 bits per heavy atom. The second kappa shape index (κ2) is 6.04. The molecule has 3 aromatic rings. The minimum atomic E-state index is 0.637. The van der Waals surface area contributed by atoms with Gasteiger partial charge in [0.1, 0.15) is 16.7 Å². The molecule has 0 saturated heterocycles. The molecule has 0 bridgehead atoms. The summed E-state index contributed by atoms with van der Waals surface area (Å²) in [6.45, 7) is 2.84. The van der Waals surface area contributed by atoms with Gasteiger partial charge in [-0.2, -0.15) is 5.10 Å². The van der Waals surface area contributed by atoms with Crippen LogP contribution in [0.2, 0.25) is 0 Å². The molecular formula is C13H15N7S. The van der Waals surface area contributed by atoms with E-state index in [2.05, 4.69) is 30.4 Å². The second-order valence-electron chi connectivity index (χ2n) is 4.36. The highest BCUT2D eigenvalue weighted by Gasteiger charge is 2.11. The third kappa shape index (κ3) is 2.94. The molecule has 3 rings (SSSR count). The van der Waals surface area contributed by atoms with Crippen LogP contribution in [-0.4, -0.2) is 36.3 Å². The summed E-state index contributed by atoms with van der Waals surface area (Å²) in [7, 11) is 1.88. The Hall–Kier alpha value is -2.22. The van der Waals surface area contributed by atoms with E-state index in [1.54, 1.807) is 41.2 Å². The summed E-state index contributed by atoms with van der Waals surface area (Å²) in [4.78, 5) is 17.4. The normalized spacial score (nSPS) is 11.0. The first-order chi connectivity index (χ1) is 10.3. The highest BCUT2D eigenvalue weighted by molar-refractivity contribution is 7.98. The van der Waals surface area contributed by atoms with Gasteiger partial charge in [-0.15, -0.1) is 0 Å². The van der Waals surface area contributed by atoms with E-state index < -0.39 is 0 Å². The van der Waals surface area contributed by atoms with Gasteiger partial charge in [-0.3, -0.25) is 9.67 Å². The fraction of sp³-hybridized carbons (Fsp3) is 0.308. The fourth-order valence-electron chi connectivity index (χ4n) is 1.93. The van der Waals surface area contributed by atoms with Crippen molar-refractivity contribution in [1.82, 2.24) is 29.7 Å². The van der Waals surface area contributed by atoms with Gasteiger partial charge in [0.25, 0.3) is 0 Å². The number of hydrogen-bond donors (Lipinski definition) is 1. The zero-order valence-corrected chi connectivity index (χ0v) is 12.6. The highest BCUT2D eigenvalue weighted by Crippen LogP contribution is 2.23. The largest absolute Gasteiger partial charge is 0.370 e. The molecule has 0 amide bonds. The Morgan fingerprint density at radius 3 is 2.90 bits per heavy atom. The minimum Gasteiger partial charge on any atom is -0.370 e. The summed E-state index contributed by atoms with van der Waals surface area (Å²) in [5.41, 5.74) is 0.829. The van der Waals surface area contributed by atoms with Crippen molar-refractivity contribution in [2.24, 2.45) is 7.05 Å². The van der Waals surface area contributed by atoms with Crippen molar-refractivity contribution >= 4 is 28.6 Å². The quantitative estimate of drug-likeness (QED) is 0.720. The summed E-state index contributed by atoms with van der Waals surface area (Å²) in [5.74, 6) is 2.21. The maximum absolute atomic E-state index is 4.57. The van der Waals surface area contributed by atoms with Gasteiger partial charge >= 0.3 is 0 Å². The lowest BCUT2D eigenvalue weighted by molar-refractivity contribution is 0.782. The summed E-state index contributed by atoms with van der Waals surface area (Å²) < 4.78 is 1.76. The number of rotatable bonds is 5. The van der Waals surface area contributed by atoms with Gasteiger partial charge in [0.15, 0.2) is 5.65 Å². The predicted octanol–water partition coefficient (Wildman–Crippen LogP) is 1.88. The smallest absolute Gasteiger partial charge is 0.163 e. The van der Waals surface area contributed by atoms with Gasteiger partial charge in [-0.05, 0) is 6.92 Å². The summed E-state index contributed by atoms with van der Waals surface area (Å²) in [5, 5.41) is 9.30. The molecule has 3 heterocycles. The summed E-state index contributed by atoms with van der Waals surface area (Å²) in [6.07, 6.45) is 6.86. The molecule has 8 heteroatoms. The average molecular weight is 301 g/mol. The Morgan fingerprint density at radius 2 is 2.14 bits per heavy atom. The van der Waals surface area contributed by atoms with E-state index in [9.17, 15) is 0 Å². The van der Waals surface area contributed by atoms with Gasteiger partial charge in [-0.25, -0.2) is 15.0 Å². The number of hydrogen-bond acceptors (Lipinski definition) is 7. The summed E-state index contributed by atoms with van der Waals surface area (Å²) >= 11 is 1.56. The van der Waals surface area contributed by atoms with Crippen molar-refractivity contribution in [3.05, 3.63) is 30.6 Å². The number of anilines is 1. The Labute approximate surface area is 126 Å². The molecule has 0 aliphatic carbocycles. The molecule has 0 atom stereocenters. The molecule has 3 aromatic heterocycles. The van der Waals surface area contributed by atoms with E-state index in [-0.39, 0.29) is 0 Å². The number of nitrogens with one attached hydrogen (secondary N) is 1. The standard InChI is InChI=1S/C13H15N7S/c1-3-15-12-9-6-17-20(2)13(9)19-10(18-12)8-21-11-7-14-4-5-16-11/h4-7H,3,8H2,1-2H3,(H,15,18,19). The number of aryl methyl sites for hydroxylation is 1. The number of fused-ring (bicyclic) bond motifs is 1.